The minimum atomic E-state index is -3.92. The highest BCUT2D eigenvalue weighted by atomic mass is 35.5. The van der Waals surface area contributed by atoms with Gasteiger partial charge < -0.3 is 10.1 Å². The highest BCUT2D eigenvalue weighted by Crippen LogP contribution is 2.27. The van der Waals surface area contributed by atoms with Crippen molar-refractivity contribution in [1.29, 1.82) is 0 Å². The third-order valence-corrected chi connectivity index (χ3v) is 6.37. The van der Waals surface area contributed by atoms with E-state index in [1.54, 1.807) is 25.1 Å². The van der Waals surface area contributed by atoms with Gasteiger partial charge >= 0.3 is 0 Å². The molecule has 0 heterocycles. The Bertz CT molecular complexity index is 1170. The van der Waals surface area contributed by atoms with Crippen molar-refractivity contribution in [3.63, 3.8) is 0 Å². The largest absolute Gasteiger partial charge is 0.495 e. The molecule has 0 aliphatic rings. The Labute approximate surface area is 180 Å². The fraction of sp³-hybridized carbons (Fsp3) is 0.136. The van der Waals surface area contributed by atoms with Gasteiger partial charge in [-0.3, -0.25) is 4.79 Å². The van der Waals surface area contributed by atoms with Gasteiger partial charge in [-0.25, -0.2) is 13.1 Å². The molecule has 3 rings (SSSR count). The van der Waals surface area contributed by atoms with Gasteiger partial charge in [0.25, 0.3) is 5.91 Å². The van der Waals surface area contributed by atoms with E-state index in [0.29, 0.717) is 10.7 Å². The van der Waals surface area contributed by atoms with E-state index in [0.717, 1.165) is 11.1 Å². The van der Waals surface area contributed by atoms with Crippen molar-refractivity contribution in [2.75, 3.05) is 12.4 Å². The van der Waals surface area contributed by atoms with Crippen molar-refractivity contribution in [2.45, 2.75) is 18.4 Å². The molecule has 3 aromatic carbocycles. The highest BCUT2D eigenvalue weighted by molar-refractivity contribution is 7.89. The Hall–Kier alpha value is -2.87. The minimum Gasteiger partial charge on any atom is -0.495 e. The number of halogens is 1. The van der Waals surface area contributed by atoms with Crippen LogP contribution in [0, 0.1) is 6.92 Å². The summed E-state index contributed by atoms with van der Waals surface area (Å²) in [5, 5.41) is 3.29. The van der Waals surface area contributed by atoms with Gasteiger partial charge in [0, 0.05) is 22.8 Å². The zero-order chi connectivity index (χ0) is 21.7. The van der Waals surface area contributed by atoms with Crippen molar-refractivity contribution < 1.29 is 17.9 Å². The topological polar surface area (TPSA) is 84.5 Å². The molecule has 0 aliphatic heterocycles. The van der Waals surface area contributed by atoms with E-state index in [4.69, 9.17) is 16.3 Å². The molecule has 0 spiro atoms. The van der Waals surface area contributed by atoms with Crippen LogP contribution < -0.4 is 14.8 Å². The van der Waals surface area contributed by atoms with Crippen LogP contribution in [-0.2, 0) is 16.6 Å². The fourth-order valence-corrected chi connectivity index (χ4v) is 4.20. The molecular formula is C22H21ClN2O4S. The summed E-state index contributed by atoms with van der Waals surface area (Å²) < 4.78 is 33.5. The normalized spacial score (nSPS) is 11.2. The highest BCUT2D eigenvalue weighted by Gasteiger charge is 2.22. The first-order valence-corrected chi connectivity index (χ1v) is 11.0. The fourth-order valence-electron chi connectivity index (χ4n) is 2.82. The number of benzene rings is 3. The van der Waals surface area contributed by atoms with E-state index in [-0.39, 0.29) is 22.8 Å². The van der Waals surface area contributed by atoms with Gasteiger partial charge in [0.05, 0.1) is 7.11 Å². The van der Waals surface area contributed by atoms with E-state index in [1.165, 1.54) is 25.3 Å². The first-order valence-electron chi connectivity index (χ1n) is 9.10. The van der Waals surface area contributed by atoms with E-state index in [2.05, 4.69) is 10.0 Å². The molecule has 6 nitrogen and oxygen atoms in total. The second-order valence-corrected chi connectivity index (χ2v) is 8.68. The van der Waals surface area contributed by atoms with Crippen LogP contribution in [0.15, 0.2) is 71.6 Å². The molecule has 0 saturated heterocycles. The van der Waals surface area contributed by atoms with Crippen LogP contribution in [0.3, 0.4) is 0 Å². The Morgan fingerprint density at radius 1 is 1.03 bits per heavy atom. The molecule has 0 unspecified atom stereocenters. The zero-order valence-corrected chi connectivity index (χ0v) is 18.0. The molecule has 8 heteroatoms. The van der Waals surface area contributed by atoms with Crippen molar-refractivity contribution in [3.05, 3.63) is 88.4 Å². The lowest BCUT2D eigenvalue weighted by Gasteiger charge is -2.13. The van der Waals surface area contributed by atoms with Crippen LogP contribution in [0.5, 0.6) is 5.75 Å². The maximum atomic E-state index is 12.9. The molecule has 0 radical (unpaired) electrons. The molecule has 156 valence electrons. The van der Waals surface area contributed by atoms with Gasteiger partial charge in [-0.05, 0) is 48.4 Å². The second-order valence-electron chi connectivity index (χ2n) is 6.54. The second kappa shape index (κ2) is 9.30. The van der Waals surface area contributed by atoms with E-state index in [1.807, 2.05) is 30.3 Å². The number of carbonyl (C=O) groups is 1. The molecule has 2 N–H and O–H groups in total. The third-order valence-electron chi connectivity index (χ3n) is 4.54. The van der Waals surface area contributed by atoms with E-state index < -0.39 is 15.9 Å². The molecule has 3 aromatic rings. The van der Waals surface area contributed by atoms with Crippen LogP contribution >= 0.6 is 11.6 Å². The summed E-state index contributed by atoms with van der Waals surface area (Å²) in [7, 11) is -2.55. The van der Waals surface area contributed by atoms with Crippen LogP contribution in [0.2, 0.25) is 5.02 Å². The van der Waals surface area contributed by atoms with Gasteiger partial charge in [-0.1, -0.05) is 48.0 Å². The average Bonchev–Trinajstić information content (AvgIpc) is 2.76. The quantitative estimate of drug-likeness (QED) is 0.566. The monoisotopic (exact) mass is 444 g/mol. The summed E-state index contributed by atoms with van der Waals surface area (Å²) >= 11 is 6.10. The number of anilines is 1. The molecule has 0 bridgehead atoms. The molecule has 30 heavy (non-hydrogen) atoms. The lowest BCUT2D eigenvalue weighted by Crippen LogP contribution is -2.24. The van der Waals surface area contributed by atoms with E-state index in [9.17, 15) is 13.2 Å². The third kappa shape index (κ3) is 4.99. The van der Waals surface area contributed by atoms with Crippen molar-refractivity contribution in [1.82, 2.24) is 4.72 Å². The predicted octanol–water partition coefficient (Wildman–Crippen LogP) is 4.39. The maximum absolute atomic E-state index is 12.9. The molecule has 0 aromatic heterocycles. The smallest absolute Gasteiger partial charge is 0.255 e. The Morgan fingerprint density at radius 3 is 2.47 bits per heavy atom. The van der Waals surface area contributed by atoms with E-state index >= 15 is 0 Å². The number of sulfonamides is 1. The first-order chi connectivity index (χ1) is 14.3. The summed E-state index contributed by atoms with van der Waals surface area (Å²) in [5.41, 5.74) is 2.26. The number of carbonyl (C=O) groups excluding carboxylic acids is 1. The Morgan fingerprint density at radius 2 is 1.77 bits per heavy atom. The molecular weight excluding hydrogens is 424 g/mol. The van der Waals surface area contributed by atoms with Crippen LogP contribution in [-0.4, -0.2) is 21.4 Å². The SMILES string of the molecule is COc1ccc(C(=O)Nc2cccc(Cl)c2C)cc1S(=O)(=O)NCc1ccccc1. The number of ether oxygens (including phenoxy) is 1. The van der Waals surface area contributed by atoms with Gasteiger partial charge in [-0.15, -0.1) is 0 Å². The summed E-state index contributed by atoms with van der Waals surface area (Å²) in [4.78, 5) is 12.6. The molecule has 0 aliphatic carbocycles. The summed E-state index contributed by atoms with van der Waals surface area (Å²) in [6.45, 7) is 1.90. The summed E-state index contributed by atoms with van der Waals surface area (Å²) in [5.74, 6) is -0.312. The van der Waals surface area contributed by atoms with Gasteiger partial charge in [0.1, 0.15) is 10.6 Å². The standard InChI is InChI=1S/C22H21ClN2O4S/c1-15-18(23)9-6-10-19(15)25-22(26)17-11-12-20(29-2)21(13-17)30(27,28)24-14-16-7-4-3-5-8-16/h3-13,24H,14H2,1-2H3,(H,25,26). The molecule has 0 atom stereocenters. The first kappa shape index (κ1) is 21.8. The zero-order valence-electron chi connectivity index (χ0n) is 16.5. The summed E-state index contributed by atoms with van der Waals surface area (Å²) in [6.07, 6.45) is 0. The number of nitrogens with one attached hydrogen (secondary N) is 2. The van der Waals surface area contributed by atoms with Crippen LogP contribution in [0.25, 0.3) is 0 Å². The van der Waals surface area contributed by atoms with Gasteiger partial charge in [-0.2, -0.15) is 0 Å². The van der Waals surface area contributed by atoms with Gasteiger partial charge in [0.15, 0.2) is 0 Å². The van der Waals surface area contributed by atoms with Crippen molar-refractivity contribution in [2.24, 2.45) is 0 Å². The predicted molar refractivity (Wildman–Crippen MR) is 118 cm³/mol. The molecule has 1 amide bonds. The van der Waals surface area contributed by atoms with Crippen LogP contribution in [0.4, 0.5) is 5.69 Å². The lowest BCUT2D eigenvalue weighted by molar-refractivity contribution is 0.102. The van der Waals surface area contributed by atoms with Crippen molar-refractivity contribution in [3.8, 4) is 5.75 Å². The number of hydrogen-bond acceptors (Lipinski definition) is 4. The maximum Gasteiger partial charge on any atom is 0.255 e. The molecule has 0 saturated carbocycles. The Kier molecular flexibility index (Phi) is 6.77. The van der Waals surface area contributed by atoms with Gasteiger partial charge in [0.2, 0.25) is 10.0 Å². The Balaban J connectivity index is 1.87. The average molecular weight is 445 g/mol. The summed E-state index contributed by atoms with van der Waals surface area (Å²) in [6, 6.07) is 18.6. The molecule has 0 fully saturated rings. The lowest BCUT2D eigenvalue weighted by atomic mass is 10.1. The number of hydrogen-bond donors (Lipinski definition) is 2. The number of amides is 1. The minimum absolute atomic E-state index is 0.114. The van der Waals surface area contributed by atoms with Crippen molar-refractivity contribution >= 4 is 33.2 Å². The number of rotatable bonds is 7. The van der Waals surface area contributed by atoms with Crippen LogP contribution in [0.1, 0.15) is 21.5 Å². The number of methoxy groups -OCH3 is 1.